The van der Waals surface area contributed by atoms with E-state index in [9.17, 15) is 20.0 Å². The number of aliphatic carboxylic acids is 1. The molecule has 1 atom stereocenters. The van der Waals surface area contributed by atoms with Crippen molar-refractivity contribution in [3.63, 3.8) is 0 Å². The van der Waals surface area contributed by atoms with E-state index in [0.29, 0.717) is 19.4 Å². The Morgan fingerprint density at radius 1 is 1.58 bits per heavy atom. The highest BCUT2D eigenvalue weighted by Crippen LogP contribution is 2.42. The van der Waals surface area contributed by atoms with Crippen molar-refractivity contribution in [3.8, 4) is 0 Å². The second-order valence-corrected chi connectivity index (χ2v) is 5.11. The number of nitro groups is 1. The summed E-state index contributed by atoms with van der Waals surface area (Å²) in [5.41, 5.74) is -1.10. The number of halogens is 1. The van der Waals surface area contributed by atoms with E-state index in [-0.39, 0.29) is 16.4 Å². The summed E-state index contributed by atoms with van der Waals surface area (Å²) in [7, 11) is 0. The third-order valence-corrected chi connectivity index (χ3v) is 3.85. The molecule has 0 aliphatic carbocycles. The van der Waals surface area contributed by atoms with Crippen LogP contribution >= 0.6 is 11.6 Å². The fourth-order valence-electron chi connectivity index (χ4n) is 2.47. The summed E-state index contributed by atoms with van der Waals surface area (Å²) in [4.78, 5) is 23.5. The Hall–Kier alpha value is -1.82. The number of benzene rings is 1. The van der Waals surface area contributed by atoms with Crippen molar-refractivity contribution in [2.24, 2.45) is 0 Å². The van der Waals surface area contributed by atoms with E-state index in [2.05, 4.69) is 0 Å². The normalized spacial score (nSPS) is 22.5. The number of carbonyl (C=O) groups is 1. The molecule has 19 heavy (non-hydrogen) atoms. The first-order valence-electron chi connectivity index (χ1n) is 5.82. The van der Waals surface area contributed by atoms with E-state index < -0.39 is 16.4 Å². The van der Waals surface area contributed by atoms with Crippen molar-refractivity contribution in [1.29, 1.82) is 0 Å². The first-order valence-corrected chi connectivity index (χ1v) is 6.19. The second kappa shape index (κ2) is 4.70. The van der Waals surface area contributed by atoms with Gasteiger partial charge in [-0.05, 0) is 31.9 Å². The maximum atomic E-state index is 11.4. The van der Waals surface area contributed by atoms with Crippen LogP contribution in [0.15, 0.2) is 18.2 Å². The highest BCUT2D eigenvalue weighted by molar-refractivity contribution is 6.33. The van der Waals surface area contributed by atoms with Crippen LogP contribution < -0.4 is 4.90 Å². The first-order chi connectivity index (χ1) is 8.88. The summed E-state index contributed by atoms with van der Waals surface area (Å²) in [6.45, 7) is 2.04. The minimum absolute atomic E-state index is 0.0159. The molecule has 1 aromatic carbocycles. The molecule has 1 aliphatic rings. The maximum absolute atomic E-state index is 11.4. The number of carboxylic acid groups (broad SMARTS) is 1. The van der Waals surface area contributed by atoms with Crippen molar-refractivity contribution < 1.29 is 14.8 Å². The summed E-state index contributed by atoms with van der Waals surface area (Å²) < 4.78 is 0. The van der Waals surface area contributed by atoms with E-state index in [0.717, 1.165) is 0 Å². The summed E-state index contributed by atoms with van der Waals surface area (Å²) >= 11 is 5.86. The van der Waals surface area contributed by atoms with Gasteiger partial charge in [0.1, 0.15) is 16.2 Å². The van der Waals surface area contributed by atoms with Crippen LogP contribution in [0.5, 0.6) is 0 Å². The lowest BCUT2D eigenvalue weighted by Gasteiger charge is -2.32. The molecule has 6 nitrogen and oxygen atoms in total. The Kier molecular flexibility index (Phi) is 3.36. The summed E-state index contributed by atoms with van der Waals surface area (Å²) in [5, 5.41) is 20.5. The molecule has 0 spiro atoms. The molecule has 1 unspecified atom stereocenters. The summed E-state index contributed by atoms with van der Waals surface area (Å²) in [6.07, 6.45) is 1.12. The average molecular weight is 285 g/mol. The van der Waals surface area contributed by atoms with Crippen LogP contribution in [0.25, 0.3) is 0 Å². The molecule has 1 aliphatic heterocycles. The predicted molar refractivity (Wildman–Crippen MR) is 70.7 cm³/mol. The number of hydrogen-bond donors (Lipinski definition) is 1. The Bertz CT molecular complexity index is 549. The lowest BCUT2D eigenvalue weighted by Crippen LogP contribution is -2.48. The van der Waals surface area contributed by atoms with Crippen LogP contribution in [0.4, 0.5) is 11.4 Å². The smallest absolute Gasteiger partial charge is 0.329 e. The van der Waals surface area contributed by atoms with Gasteiger partial charge in [0, 0.05) is 6.54 Å². The standard InChI is InChI=1S/C12H13ClN2O4/c1-12(11(16)17)6-3-7-14(12)9-5-2-4-8(13)10(9)15(18)19/h2,4-5H,3,6-7H2,1H3,(H,16,17). The topological polar surface area (TPSA) is 83.7 Å². The van der Waals surface area contributed by atoms with Crippen LogP contribution in [0.1, 0.15) is 19.8 Å². The van der Waals surface area contributed by atoms with Gasteiger partial charge in [-0.2, -0.15) is 0 Å². The zero-order valence-electron chi connectivity index (χ0n) is 10.3. The van der Waals surface area contributed by atoms with Gasteiger partial charge < -0.3 is 10.0 Å². The number of rotatable bonds is 3. The van der Waals surface area contributed by atoms with Crippen LogP contribution in [-0.2, 0) is 4.79 Å². The van der Waals surface area contributed by atoms with E-state index >= 15 is 0 Å². The van der Waals surface area contributed by atoms with Crippen molar-refractivity contribution >= 4 is 28.9 Å². The largest absolute Gasteiger partial charge is 0.480 e. The monoisotopic (exact) mass is 284 g/mol. The van der Waals surface area contributed by atoms with Gasteiger partial charge >= 0.3 is 11.7 Å². The molecule has 1 N–H and O–H groups in total. The second-order valence-electron chi connectivity index (χ2n) is 4.70. The fraction of sp³-hybridized carbons (Fsp3) is 0.417. The highest BCUT2D eigenvalue weighted by atomic mass is 35.5. The van der Waals surface area contributed by atoms with E-state index in [4.69, 9.17) is 11.6 Å². The van der Waals surface area contributed by atoms with E-state index in [1.54, 1.807) is 17.9 Å². The number of para-hydroxylation sites is 1. The average Bonchev–Trinajstić information content (AvgIpc) is 2.71. The Labute approximate surface area is 114 Å². The maximum Gasteiger partial charge on any atom is 0.329 e. The minimum atomic E-state index is -1.13. The zero-order valence-corrected chi connectivity index (χ0v) is 11.1. The lowest BCUT2D eigenvalue weighted by atomic mass is 9.98. The van der Waals surface area contributed by atoms with Gasteiger partial charge in [0.05, 0.1) is 4.92 Å². The highest BCUT2D eigenvalue weighted by Gasteiger charge is 2.45. The molecular weight excluding hydrogens is 272 g/mol. The molecule has 7 heteroatoms. The van der Waals surface area contributed by atoms with E-state index in [1.165, 1.54) is 12.1 Å². The Morgan fingerprint density at radius 3 is 2.84 bits per heavy atom. The molecule has 0 bridgehead atoms. The van der Waals surface area contributed by atoms with Crippen LogP contribution in [0, 0.1) is 10.1 Å². The predicted octanol–water partition coefficient (Wildman–Crippen LogP) is 2.69. The molecule has 0 amide bonds. The minimum Gasteiger partial charge on any atom is -0.480 e. The Balaban J connectivity index is 2.56. The number of hydrogen-bond acceptors (Lipinski definition) is 4. The van der Waals surface area contributed by atoms with Gasteiger partial charge in [-0.1, -0.05) is 17.7 Å². The lowest BCUT2D eigenvalue weighted by molar-refractivity contribution is -0.384. The molecule has 0 saturated carbocycles. The molecule has 1 saturated heterocycles. The number of nitro benzene ring substituents is 1. The summed E-state index contributed by atoms with van der Waals surface area (Å²) in [6, 6.07) is 4.55. The van der Waals surface area contributed by atoms with Gasteiger partial charge in [-0.3, -0.25) is 10.1 Å². The van der Waals surface area contributed by atoms with Crippen molar-refractivity contribution in [2.45, 2.75) is 25.3 Å². The van der Waals surface area contributed by atoms with Gasteiger partial charge in [0.2, 0.25) is 0 Å². The molecule has 1 aromatic rings. The van der Waals surface area contributed by atoms with Gasteiger partial charge in [-0.15, -0.1) is 0 Å². The molecule has 0 aromatic heterocycles. The van der Waals surface area contributed by atoms with E-state index in [1.807, 2.05) is 0 Å². The molecule has 0 radical (unpaired) electrons. The number of anilines is 1. The van der Waals surface area contributed by atoms with Gasteiger partial charge in [0.25, 0.3) is 0 Å². The van der Waals surface area contributed by atoms with Gasteiger partial charge in [0.15, 0.2) is 0 Å². The quantitative estimate of drug-likeness (QED) is 0.681. The van der Waals surface area contributed by atoms with Crippen molar-refractivity contribution in [2.75, 3.05) is 11.4 Å². The Morgan fingerprint density at radius 2 is 2.26 bits per heavy atom. The first kappa shape index (κ1) is 13.6. The third-order valence-electron chi connectivity index (χ3n) is 3.54. The third kappa shape index (κ3) is 2.12. The molecular formula is C12H13ClN2O4. The summed E-state index contributed by atoms with van der Waals surface area (Å²) in [5.74, 6) is -0.987. The van der Waals surface area contributed by atoms with Crippen LogP contribution in [0.3, 0.4) is 0 Å². The van der Waals surface area contributed by atoms with Crippen molar-refractivity contribution in [3.05, 3.63) is 33.3 Å². The molecule has 1 heterocycles. The van der Waals surface area contributed by atoms with Gasteiger partial charge in [-0.25, -0.2) is 4.79 Å². The van der Waals surface area contributed by atoms with Crippen LogP contribution in [0.2, 0.25) is 5.02 Å². The molecule has 102 valence electrons. The van der Waals surface area contributed by atoms with Crippen molar-refractivity contribution in [1.82, 2.24) is 0 Å². The van der Waals surface area contributed by atoms with Crippen LogP contribution in [-0.4, -0.2) is 28.1 Å². The zero-order chi connectivity index (χ0) is 14.2. The number of carboxylic acids is 1. The molecule has 1 fully saturated rings. The molecule has 2 rings (SSSR count). The fourth-order valence-corrected chi connectivity index (χ4v) is 2.71. The number of nitrogens with zero attached hydrogens (tertiary/aromatic N) is 2. The SMILES string of the molecule is CC1(C(=O)O)CCCN1c1cccc(Cl)c1[N+](=O)[O-].